The number of anilines is 1. The predicted molar refractivity (Wildman–Crippen MR) is 119 cm³/mol. The number of thiophene rings is 1. The summed E-state index contributed by atoms with van der Waals surface area (Å²) in [6, 6.07) is 17.4. The second-order valence-corrected chi connectivity index (χ2v) is 9.86. The highest BCUT2D eigenvalue weighted by Crippen LogP contribution is 2.33. The number of hydrogen-bond donors (Lipinski definition) is 1. The number of benzene rings is 2. The van der Waals surface area contributed by atoms with Gasteiger partial charge in [-0.05, 0) is 41.8 Å². The van der Waals surface area contributed by atoms with E-state index in [0.717, 1.165) is 4.88 Å². The number of ether oxygens (including phenoxy) is 2. The molecule has 0 atom stereocenters. The van der Waals surface area contributed by atoms with Crippen molar-refractivity contribution in [1.82, 2.24) is 4.31 Å². The third kappa shape index (κ3) is 5.31. The molecule has 9 heteroatoms. The first-order valence-electron chi connectivity index (χ1n) is 9.79. The van der Waals surface area contributed by atoms with Crippen LogP contribution in [0.4, 0.5) is 5.69 Å². The van der Waals surface area contributed by atoms with Crippen LogP contribution in [0.15, 0.2) is 70.9 Å². The van der Waals surface area contributed by atoms with E-state index < -0.39 is 10.0 Å². The summed E-state index contributed by atoms with van der Waals surface area (Å²) in [7, 11) is -3.71. The third-order valence-electron chi connectivity index (χ3n) is 4.72. The number of amides is 1. The lowest BCUT2D eigenvalue weighted by atomic mass is 10.2. The average Bonchev–Trinajstić information content (AvgIpc) is 3.29. The molecule has 7 nitrogen and oxygen atoms in total. The standard InChI is InChI=1S/C22H22N2O5S2/c25-22(15-18-7-4-14-30-18)23-20-16-19(31(26,27)24-10-12-28-13-11-24)8-9-21(20)29-17-5-2-1-3-6-17/h1-9,14,16H,10-13,15H2,(H,23,25). The van der Waals surface area contributed by atoms with Crippen molar-refractivity contribution in [3.05, 3.63) is 70.9 Å². The van der Waals surface area contributed by atoms with E-state index in [0.29, 0.717) is 43.5 Å². The Balaban J connectivity index is 1.63. The Morgan fingerprint density at radius 3 is 2.55 bits per heavy atom. The zero-order valence-corrected chi connectivity index (χ0v) is 18.3. The second-order valence-electron chi connectivity index (χ2n) is 6.89. The van der Waals surface area contributed by atoms with Crippen LogP contribution in [-0.4, -0.2) is 44.9 Å². The highest BCUT2D eigenvalue weighted by molar-refractivity contribution is 7.89. The third-order valence-corrected chi connectivity index (χ3v) is 7.49. The van der Waals surface area contributed by atoms with Gasteiger partial charge in [0.15, 0.2) is 5.75 Å². The number of nitrogens with zero attached hydrogens (tertiary/aromatic N) is 1. The highest BCUT2D eigenvalue weighted by Gasteiger charge is 2.27. The minimum atomic E-state index is -3.71. The second kappa shape index (κ2) is 9.61. The Kier molecular flexibility index (Phi) is 6.67. The van der Waals surface area contributed by atoms with Gasteiger partial charge in [0.05, 0.1) is 30.2 Å². The van der Waals surface area contributed by atoms with E-state index in [2.05, 4.69) is 5.32 Å². The monoisotopic (exact) mass is 458 g/mol. The molecule has 1 fully saturated rings. The number of para-hydroxylation sites is 1. The van der Waals surface area contributed by atoms with Crippen LogP contribution in [-0.2, 0) is 26.0 Å². The first-order chi connectivity index (χ1) is 15.0. The summed E-state index contributed by atoms with van der Waals surface area (Å²) in [5, 5.41) is 4.72. The molecule has 4 rings (SSSR count). The van der Waals surface area contributed by atoms with Gasteiger partial charge in [0, 0.05) is 18.0 Å². The number of hydrogen-bond acceptors (Lipinski definition) is 6. The Bertz CT molecular complexity index is 1130. The van der Waals surface area contributed by atoms with Crippen LogP contribution in [0.5, 0.6) is 11.5 Å². The summed E-state index contributed by atoms with van der Waals surface area (Å²) in [5.41, 5.74) is 0.305. The fraction of sp³-hybridized carbons (Fsp3) is 0.227. The van der Waals surface area contributed by atoms with Gasteiger partial charge >= 0.3 is 0 Å². The van der Waals surface area contributed by atoms with Gasteiger partial charge in [-0.15, -0.1) is 11.3 Å². The van der Waals surface area contributed by atoms with Crippen LogP contribution in [0, 0.1) is 0 Å². The van der Waals surface area contributed by atoms with Gasteiger partial charge in [0.25, 0.3) is 0 Å². The number of rotatable bonds is 7. The smallest absolute Gasteiger partial charge is 0.243 e. The molecular formula is C22H22N2O5S2. The molecule has 162 valence electrons. The molecule has 2 heterocycles. The van der Waals surface area contributed by atoms with Crippen molar-refractivity contribution in [1.29, 1.82) is 0 Å². The van der Waals surface area contributed by atoms with E-state index in [1.54, 1.807) is 18.2 Å². The van der Waals surface area contributed by atoms with Crippen molar-refractivity contribution in [2.45, 2.75) is 11.3 Å². The topological polar surface area (TPSA) is 84.9 Å². The molecule has 1 N–H and O–H groups in total. The molecule has 1 aliphatic heterocycles. The van der Waals surface area contributed by atoms with Crippen LogP contribution < -0.4 is 10.1 Å². The first kappa shape index (κ1) is 21.5. The molecule has 3 aromatic rings. The summed E-state index contributed by atoms with van der Waals surface area (Å²) in [6.45, 7) is 1.31. The van der Waals surface area contributed by atoms with E-state index >= 15 is 0 Å². The lowest BCUT2D eigenvalue weighted by Gasteiger charge is -2.26. The predicted octanol–water partition coefficient (Wildman–Crippen LogP) is 3.74. The fourth-order valence-electron chi connectivity index (χ4n) is 3.17. The van der Waals surface area contributed by atoms with Crippen LogP contribution in [0.2, 0.25) is 0 Å². The van der Waals surface area contributed by atoms with E-state index in [9.17, 15) is 13.2 Å². The van der Waals surface area contributed by atoms with Gasteiger partial charge in [0.1, 0.15) is 5.75 Å². The van der Waals surface area contributed by atoms with Gasteiger partial charge in [0.2, 0.25) is 15.9 Å². The number of morpholine rings is 1. The normalized spacial score (nSPS) is 14.8. The summed E-state index contributed by atoms with van der Waals surface area (Å²) in [4.78, 5) is 13.6. The lowest BCUT2D eigenvalue weighted by molar-refractivity contribution is -0.115. The molecule has 1 aliphatic rings. The maximum atomic E-state index is 13.1. The number of carbonyl (C=O) groups excluding carboxylic acids is 1. The Hall–Kier alpha value is -2.72. The van der Waals surface area contributed by atoms with Crippen molar-refractivity contribution >= 4 is 33.0 Å². The molecule has 0 radical (unpaired) electrons. The van der Waals surface area contributed by atoms with Crippen molar-refractivity contribution < 1.29 is 22.7 Å². The number of sulfonamides is 1. The molecule has 0 aliphatic carbocycles. The molecule has 1 amide bonds. The molecular weight excluding hydrogens is 436 g/mol. The van der Waals surface area contributed by atoms with Crippen LogP contribution in [0.1, 0.15) is 4.88 Å². The summed E-state index contributed by atoms with van der Waals surface area (Å²) in [6.07, 6.45) is 0.197. The Labute approximate surface area is 185 Å². The Morgan fingerprint density at radius 1 is 1.06 bits per heavy atom. The van der Waals surface area contributed by atoms with E-state index in [1.807, 2.05) is 35.7 Å². The zero-order valence-electron chi connectivity index (χ0n) is 16.7. The van der Waals surface area contributed by atoms with E-state index in [-0.39, 0.29) is 17.2 Å². The lowest BCUT2D eigenvalue weighted by Crippen LogP contribution is -2.40. The fourth-order valence-corrected chi connectivity index (χ4v) is 5.31. The highest BCUT2D eigenvalue weighted by atomic mass is 32.2. The van der Waals surface area contributed by atoms with E-state index in [4.69, 9.17) is 9.47 Å². The molecule has 31 heavy (non-hydrogen) atoms. The van der Waals surface area contributed by atoms with Crippen LogP contribution in [0.25, 0.3) is 0 Å². The molecule has 0 bridgehead atoms. The number of nitrogens with one attached hydrogen (secondary N) is 1. The van der Waals surface area contributed by atoms with Gasteiger partial charge in [-0.2, -0.15) is 4.31 Å². The van der Waals surface area contributed by atoms with Crippen LogP contribution in [0.3, 0.4) is 0 Å². The molecule has 1 aromatic heterocycles. The number of carbonyl (C=O) groups is 1. The molecule has 0 saturated carbocycles. The van der Waals surface area contributed by atoms with Gasteiger partial charge < -0.3 is 14.8 Å². The van der Waals surface area contributed by atoms with E-state index in [1.165, 1.54) is 27.8 Å². The Morgan fingerprint density at radius 2 is 1.84 bits per heavy atom. The largest absolute Gasteiger partial charge is 0.455 e. The minimum Gasteiger partial charge on any atom is -0.455 e. The summed E-state index contributed by atoms with van der Waals surface area (Å²) >= 11 is 1.49. The van der Waals surface area contributed by atoms with Crippen molar-refractivity contribution in [3.8, 4) is 11.5 Å². The minimum absolute atomic E-state index is 0.0984. The maximum Gasteiger partial charge on any atom is 0.243 e. The average molecular weight is 459 g/mol. The van der Waals surface area contributed by atoms with Crippen LogP contribution >= 0.6 is 11.3 Å². The SMILES string of the molecule is O=C(Cc1cccs1)Nc1cc(S(=O)(=O)N2CCOCC2)ccc1Oc1ccccc1. The maximum absolute atomic E-state index is 13.1. The molecule has 1 saturated heterocycles. The molecule has 0 unspecified atom stereocenters. The zero-order chi connectivity index (χ0) is 21.7. The van der Waals surface area contributed by atoms with Gasteiger partial charge in [-0.1, -0.05) is 24.3 Å². The van der Waals surface area contributed by atoms with Crippen molar-refractivity contribution in [2.24, 2.45) is 0 Å². The van der Waals surface area contributed by atoms with Gasteiger partial charge in [-0.3, -0.25) is 4.79 Å². The van der Waals surface area contributed by atoms with Crippen molar-refractivity contribution in [3.63, 3.8) is 0 Å². The summed E-state index contributed by atoms with van der Waals surface area (Å²) < 4.78 is 38.7. The van der Waals surface area contributed by atoms with Crippen molar-refractivity contribution in [2.75, 3.05) is 31.6 Å². The quantitative estimate of drug-likeness (QED) is 0.583. The molecule has 0 spiro atoms. The summed E-state index contributed by atoms with van der Waals surface area (Å²) in [5.74, 6) is 0.702. The van der Waals surface area contributed by atoms with Gasteiger partial charge in [-0.25, -0.2) is 8.42 Å². The first-order valence-corrected chi connectivity index (χ1v) is 12.1. The molecule has 2 aromatic carbocycles.